The SMILES string of the molecule is CN=C(NCCc1ccco1)NCC(C)CN1CCOCC1. The maximum absolute atomic E-state index is 5.38. The molecule has 6 nitrogen and oxygen atoms in total. The number of aliphatic imine (C=N–C) groups is 1. The molecule has 0 radical (unpaired) electrons. The van der Waals surface area contributed by atoms with Gasteiger partial charge in [-0.25, -0.2) is 0 Å². The Labute approximate surface area is 132 Å². The molecule has 0 aromatic carbocycles. The molecule has 1 aliphatic heterocycles. The van der Waals surface area contributed by atoms with Crippen molar-refractivity contribution in [3.05, 3.63) is 24.2 Å². The van der Waals surface area contributed by atoms with Crippen molar-refractivity contribution in [2.75, 3.05) is 53.0 Å². The van der Waals surface area contributed by atoms with Gasteiger partial charge in [-0.3, -0.25) is 9.89 Å². The summed E-state index contributed by atoms with van der Waals surface area (Å²) in [5, 5.41) is 6.70. The lowest BCUT2D eigenvalue weighted by Crippen LogP contribution is -2.44. The molecule has 0 bridgehead atoms. The summed E-state index contributed by atoms with van der Waals surface area (Å²) in [5.74, 6) is 2.41. The molecule has 0 amide bonds. The van der Waals surface area contributed by atoms with E-state index in [-0.39, 0.29) is 0 Å². The first-order valence-corrected chi connectivity index (χ1v) is 8.05. The monoisotopic (exact) mass is 308 g/mol. The molecule has 2 rings (SSSR count). The van der Waals surface area contributed by atoms with Crippen LogP contribution in [0, 0.1) is 5.92 Å². The first-order valence-electron chi connectivity index (χ1n) is 8.05. The number of hydrogen-bond donors (Lipinski definition) is 2. The average molecular weight is 308 g/mol. The van der Waals surface area contributed by atoms with Crippen molar-refractivity contribution in [1.82, 2.24) is 15.5 Å². The number of nitrogens with one attached hydrogen (secondary N) is 2. The quantitative estimate of drug-likeness (QED) is 0.580. The third-order valence-electron chi connectivity index (χ3n) is 3.76. The fraction of sp³-hybridized carbons (Fsp3) is 0.688. The van der Waals surface area contributed by atoms with Crippen LogP contribution >= 0.6 is 0 Å². The first-order chi connectivity index (χ1) is 10.8. The van der Waals surface area contributed by atoms with Gasteiger partial charge in [0.15, 0.2) is 5.96 Å². The predicted molar refractivity (Wildman–Crippen MR) is 88.2 cm³/mol. The first kappa shape index (κ1) is 16.8. The molecule has 1 fully saturated rings. The zero-order valence-electron chi connectivity index (χ0n) is 13.7. The maximum atomic E-state index is 5.38. The van der Waals surface area contributed by atoms with Gasteiger partial charge >= 0.3 is 0 Å². The summed E-state index contributed by atoms with van der Waals surface area (Å²) in [6.45, 7) is 8.88. The Balaban J connectivity index is 1.60. The van der Waals surface area contributed by atoms with Crippen LogP contribution in [0.5, 0.6) is 0 Å². The molecule has 1 aromatic heterocycles. The van der Waals surface area contributed by atoms with Gasteiger partial charge < -0.3 is 19.8 Å². The molecule has 1 unspecified atom stereocenters. The van der Waals surface area contributed by atoms with Crippen LogP contribution in [-0.4, -0.2) is 63.8 Å². The number of morpholine rings is 1. The molecule has 124 valence electrons. The van der Waals surface area contributed by atoms with Gasteiger partial charge in [0, 0.05) is 46.2 Å². The van der Waals surface area contributed by atoms with Crippen LogP contribution in [0.25, 0.3) is 0 Å². The number of furan rings is 1. The molecular weight excluding hydrogens is 280 g/mol. The molecule has 0 saturated carbocycles. The molecule has 1 atom stereocenters. The molecule has 1 aliphatic rings. The van der Waals surface area contributed by atoms with Crippen molar-refractivity contribution in [1.29, 1.82) is 0 Å². The minimum atomic E-state index is 0.571. The second kappa shape index (κ2) is 9.48. The molecule has 1 aromatic rings. The second-order valence-corrected chi connectivity index (χ2v) is 5.73. The molecule has 0 aliphatic carbocycles. The predicted octanol–water partition coefficient (Wildman–Crippen LogP) is 0.955. The van der Waals surface area contributed by atoms with E-state index in [4.69, 9.17) is 9.15 Å². The summed E-state index contributed by atoms with van der Waals surface area (Å²) in [7, 11) is 1.80. The summed E-state index contributed by atoms with van der Waals surface area (Å²) in [4.78, 5) is 6.72. The molecule has 22 heavy (non-hydrogen) atoms. The number of nitrogens with zero attached hydrogens (tertiary/aromatic N) is 2. The van der Waals surface area contributed by atoms with Crippen LogP contribution in [0.3, 0.4) is 0 Å². The molecular formula is C16H28N4O2. The van der Waals surface area contributed by atoms with Crippen LogP contribution in [-0.2, 0) is 11.2 Å². The number of guanidine groups is 1. The molecule has 2 heterocycles. The highest BCUT2D eigenvalue weighted by Crippen LogP contribution is 2.02. The highest BCUT2D eigenvalue weighted by molar-refractivity contribution is 5.79. The van der Waals surface area contributed by atoms with Gasteiger partial charge in [0.05, 0.1) is 19.5 Å². The van der Waals surface area contributed by atoms with Gasteiger partial charge in [-0.15, -0.1) is 0 Å². The van der Waals surface area contributed by atoms with Crippen molar-refractivity contribution in [2.24, 2.45) is 10.9 Å². The third kappa shape index (κ3) is 6.07. The Morgan fingerprint density at radius 2 is 2.18 bits per heavy atom. The Bertz CT molecular complexity index is 427. The third-order valence-corrected chi connectivity index (χ3v) is 3.76. The zero-order valence-corrected chi connectivity index (χ0v) is 13.7. The Morgan fingerprint density at radius 1 is 1.36 bits per heavy atom. The summed E-state index contributed by atoms with van der Waals surface area (Å²) in [6, 6.07) is 3.90. The topological polar surface area (TPSA) is 62.0 Å². The molecule has 6 heteroatoms. The minimum absolute atomic E-state index is 0.571. The lowest BCUT2D eigenvalue weighted by Gasteiger charge is -2.29. The minimum Gasteiger partial charge on any atom is -0.469 e. The second-order valence-electron chi connectivity index (χ2n) is 5.73. The smallest absolute Gasteiger partial charge is 0.191 e. The van der Waals surface area contributed by atoms with E-state index in [0.717, 1.165) is 64.1 Å². The number of ether oxygens (including phenoxy) is 1. The molecule has 0 spiro atoms. The van der Waals surface area contributed by atoms with E-state index in [1.54, 1.807) is 13.3 Å². The van der Waals surface area contributed by atoms with E-state index >= 15 is 0 Å². The van der Waals surface area contributed by atoms with E-state index in [1.165, 1.54) is 0 Å². The number of rotatable bonds is 7. The normalized spacial score (nSPS) is 18.2. The largest absolute Gasteiger partial charge is 0.469 e. The van der Waals surface area contributed by atoms with Gasteiger partial charge in [-0.05, 0) is 18.1 Å². The van der Waals surface area contributed by atoms with Crippen molar-refractivity contribution >= 4 is 5.96 Å². The van der Waals surface area contributed by atoms with Gasteiger partial charge in [-0.1, -0.05) is 6.92 Å². The fourth-order valence-electron chi connectivity index (χ4n) is 2.54. The number of hydrogen-bond acceptors (Lipinski definition) is 4. The lowest BCUT2D eigenvalue weighted by molar-refractivity contribution is 0.0320. The molecule has 2 N–H and O–H groups in total. The van der Waals surface area contributed by atoms with Crippen LogP contribution in [0.15, 0.2) is 27.8 Å². The van der Waals surface area contributed by atoms with E-state index in [1.807, 2.05) is 12.1 Å². The summed E-state index contributed by atoms with van der Waals surface area (Å²) in [5.41, 5.74) is 0. The van der Waals surface area contributed by atoms with E-state index in [9.17, 15) is 0 Å². The Hall–Kier alpha value is -1.53. The average Bonchev–Trinajstić information content (AvgIpc) is 3.05. The maximum Gasteiger partial charge on any atom is 0.191 e. The van der Waals surface area contributed by atoms with Crippen LogP contribution < -0.4 is 10.6 Å². The molecule has 1 saturated heterocycles. The summed E-state index contributed by atoms with van der Waals surface area (Å²) in [6.07, 6.45) is 2.56. The highest BCUT2D eigenvalue weighted by Gasteiger charge is 2.13. The van der Waals surface area contributed by atoms with Crippen LogP contribution in [0.2, 0.25) is 0 Å². The van der Waals surface area contributed by atoms with Gasteiger partial charge in [0.1, 0.15) is 5.76 Å². The van der Waals surface area contributed by atoms with Crippen molar-refractivity contribution < 1.29 is 9.15 Å². The van der Waals surface area contributed by atoms with E-state index in [2.05, 4.69) is 27.4 Å². The summed E-state index contributed by atoms with van der Waals surface area (Å²) < 4.78 is 10.7. The zero-order chi connectivity index (χ0) is 15.6. The lowest BCUT2D eigenvalue weighted by atomic mass is 10.1. The van der Waals surface area contributed by atoms with E-state index in [0.29, 0.717) is 5.92 Å². The van der Waals surface area contributed by atoms with Crippen LogP contribution in [0.4, 0.5) is 0 Å². The van der Waals surface area contributed by atoms with Crippen molar-refractivity contribution in [2.45, 2.75) is 13.3 Å². The van der Waals surface area contributed by atoms with Crippen molar-refractivity contribution in [3.8, 4) is 0 Å². The fourth-order valence-corrected chi connectivity index (χ4v) is 2.54. The Kier molecular flexibility index (Phi) is 7.25. The Morgan fingerprint density at radius 3 is 2.86 bits per heavy atom. The standard InChI is InChI=1S/C16H28N4O2/c1-14(13-20-7-10-21-11-8-20)12-19-16(17-2)18-6-5-15-4-3-9-22-15/h3-4,9,14H,5-8,10-13H2,1-2H3,(H2,17,18,19). The highest BCUT2D eigenvalue weighted by atomic mass is 16.5. The van der Waals surface area contributed by atoms with Gasteiger partial charge in [0.25, 0.3) is 0 Å². The van der Waals surface area contributed by atoms with Crippen LogP contribution in [0.1, 0.15) is 12.7 Å². The van der Waals surface area contributed by atoms with Crippen molar-refractivity contribution in [3.63, 3.8) is 0 Å². The summed E-state index contributed by atoms with van der Waals surface area (Å²) >= 11 is 0. The van der Waals surface area contributed by atoms with Gasteiger partial charge in [-0.2, -0.15) is 0 Å². The van der Waals surface area contributed by atoms with Gasteiger partial charge in [0.2, 0.25) is 0 Å². The van der Waals surface area contributed by atoms with E-state index < -0.39 is 0 Å².